The second-order valence-corrected chi connectivity index (χ2v) is 8.08. The first-order chi connectivity index (χ1) is 12.5. The number of carbonyl (C=O) groups excluding carboxylic acids is 1. The van der Waals surface area contributed by atoms with E-state index in [4.69, 9.17) is 4.74 Å². The molecule has 136 valence electrons. The lowest BCUT2D eigenvalue weighted by atomic mass is 10.2. The fraction of sp³-hybridized carbons (Fsp3) is 0.316. The Morgan fingerprint density at radius 3 is 2.77 bits per heavy atom. The highest BCUT2D eigenvalue weighted by atomic mass is 32.2. The monoisotopic (exact) mass is 387 g/mol. The molecule has 0 aliphatic heterocycles. The number of methoxy groups -OCH3 is 1. The van der Waals surface area contributed by atoms with E-state index in [-0.39, 0.29) is 5.91 Å². The fourth-order valence-electron chi connectivity index (χ4n) is 2.65. The highest BCUT2D eigenvalue weighted by molar-refractivity contribution is 8.00. The largest absolute Gasteiger partial charge is 0.496 e. The van der Waals surface area contributed by atoms with Crippen molar-refractivity contribution in [2.45, 2.75) is 32.3 Å². The average molecular weight is 388 g/mol. The number of hydrogen-bond donors (Lipinski definition) is 1. The molecule has 1 aromatic carbocycles. The normalized spacial score (nSPS) is 10.9. The lowest BCUT2D eigenvalue weighted by Gasteiger charge is -2.09. The molecule has 1 N–H and O–H groups in total. The van der Waals surface area contributed by atoms with Crippen molar-refractivity contribution in [3.63, 3.8) is 0 Å². The summed E-state index contributed by atoms with van der Waals surface area (Å²) >= 11 is 3.13. The number of thioether (sulfide) groups is 1. The van der Waals surface area contributed by atoms with Crippen LogP contribution in [0.3, 0.4) is 0 Å². The number of rotatable bonds is 6. The molecule has 1 amide bonds. The van der Waals surface area contributed by atoms with Crippen molar-refractivity contribution in [2.24, 2.45) is 0 Å². The van der Waals surface area contributed by atoms with E-state index >= 15 is 0 Å². The summed E-state index contributed by atoms with van der Waals surface area (Å²) in [5, 5.41) is 4.89. The number of aromatic nitrogens is 2. The topological polar surface area (TPSA) is 64.1 Å². The first-order valence-corrected chi connectivity index (χ1v) is 10.1. The highest BCUT2D eigenvalue weighted by Crippen LogP contribution is 2.35. The third-order valence-corrected chi connectivity index (χ3v) is 6.19. The van der Waals surface area contributed by atoms with Crippen molar-refractivity contribution in [3.05, 3.63) is 46.1 Å². The predicted octanol–water partition coefficient (Wildman–Crippen LogP) is 4.03. The van der Waals surface area contributed by atoms with Gasteiger partial charge in [-0.1, -0.05) is 30.0 Å². The standard InChI is InChI=1S/C19H21N3O2S2/c1-11-12(2)26-19-17(11)18(21-13(3)22-19)25-10-16(23)20-9-14-7-5-6-8-15(14)24-4/h5-8H,9-10H2,1-4H3,(H,20,23). The number of fused-ring (bicyclic) bond motifs is 1. The van der Waals surface area contributed by atoms with Gasteiger partial charge in [0.05, 0.1) is 12.9 Å². The van der Waals surface area contributed by atoms with Gasteiger partial charge in [-0.25, -0.2) is 9.97 Å². The average Bonchev–Trinajstić information content (AvgIpc) is 2.91. The summed E-state index contributed by atoms with van der Waals surface area (Å²) < 4.78 is 5.31. The second-order valence-electron chi connectivity index (χ2n) is 5.92. The van der Waals surface area contributed by atoms with Crippen molar-refractivity contribution < 1.29 is 9.53 Å². The van der Waals surface area contributed by atoms with E-state index in [9.17, 15) is 4.79 Å². The van der Waals surface area contributed by atoms with Gasteiger partial charge in [-0.15, -0.1) is 11.3 Å². The van der Waals surface area contributed by atoms with Crippen LogP contribution in [0.2, 0.25) is 0 Å². The lowest BCUT2D eigenvalue weighted by molar-refractivity contribution is -0.118. The number of ether oxygens (including phenoxy) is 1. The molecule has 5 nitrogen and oxygen atoms in total. The van der Waals surface area contributed by atoms with Gasteiger partial charge in [0, 0.05) is 22.4 Å². The van der Waals surface area contributed by atoms with Gasteiger partial charge < -0.3 is 10.1 Å². The molecule has 7 heteroatoms. The molecule has 3 rings (SSSR count). The van der Waals surface area contributed by atoms with Gasteiger partial charge in [0.15, 0.2) is 0 Å². The Balaban J connectivity index is 1.67. The fourth-order valence-corrected chi connectivity index (χ4v) is 4.75. The zero-order valence-electron chi connectivity index (χ0n) is 15.3. The Labute approximate surface area is 161 Å². The predicted molar refractivity (Wildman–Crippen MR) is 107 cm³/mol. The maximum atomic E-state index is 12.3. The van der Waals surface area contributed by atoms with Crippen molar-refractivity contribution in [1.29, 1.82) is 0 Å². The molecule has 0 fully saturated rings. The molecule has 0 aliphatic carbocycles. The Hall–Kier alpha value is -2.12. The zero-order valence-corrected chi connectivity index (χ0v) is 16.9. The third kappa shape index (κ3) is 3.99. The van der Waals surface area contributed by atoms with E-state index in [1.54, 1.807) is 18.4 Å². The molecule has 0 radical (unpaired) electrons. The Bertz CT molecular complexity index is 953. The number of benzene rings is 1. The molecule has 0 spiro atoms. The van der Waals surface area contributed by atoms with E-state index in [1.165, 1.54) is 22.2 Å². The molecule has 3 aromatic rings. The van der Waals surface area contributed by atoms with E-state index in [2.05, 4.69) is 29.1 Å². The molecule has 0 saturated carbocycles. The van der Waals surface area contributed by atoms with Gasteiger partial charge in [-0.05, 0) is 32.4 Å². The summed E-state index contributed by atoms with van der Waals surface area (Å²) in [6.07, 6.45) is 0. The van der Waals surface area contributed by atoms with E-state index in [0.717, 1.165) is 32.4 Å². The number of nitrogens with zero attached hydrogens (tertiary/aromatic N) is 2. The lowest BCUT2D eigenvalue weighted by Crippen LogP contribution is -2.24. The second kappa shape index (κ2) is 8.05. The van der Waals surface area contributed by atoms with Crippen LogP contribution in [0.25, 0.3) is 10.2 Å². The van der Waals surface area contributed by atoms with Crippen LogP contribution < -0.4 is 10.1 Å². The van der Waals surface area contributed by atoms with E-state index in [1.807, 2.05) is 31.2 Å². The van der Waals surface area contributed by atoms with Gasteiger partial charge >= 0.3 is 0 Å². The third-order valence-electron chi connectivity index (χ3n) is 4.12. The van der Waals surface area contributed by atoms with Crippen molar-refractivity contribution >= 4 is 39.2 Å². The Kier molecular flexibility index (Phi) is 5.78. The first-order valence-electron chi connectivity index (χ1n) is 8.25. The van der Waals surface area contributed by atoms with Crippen LogP contribution >= 0.6 is 23.1 Å². The number of carbonyl (C=O) groups is 1. The molecule has 0 atom stereocenters. The smallest absolute Gasteiger partial charge is 0.230 e. The maximum absolute atomic E-state index is 12.3. The molecule has 0 saturated heterocycles. The quantitative estimate of drug-likeness (QED) is 0.511. The minimum Gasteiger partial charge on any atom is -0.496 e. The summed E-state index contributed by atoms with van der Waals surface area (Å²) in [4.78, 5) is 23.6. The molecule has 0 aliphatic rings. The van der Waals surface area contributed by atoms with Crippen LogP contribution in [0.1, 0.15) is 21.8 Å². The summed E-state index contributed by atoms with van der Waals surface area (Å²) in [6, 6.07) is 7.67. The number of amides is 1. The van der Waals surface area contributed by atoms with Crippen LogP contribution in [0.4, 0.5) is 0 Å². The van der Waals surface area contributed by atoms with Crippen LogP contribution in [-0.2, 0) is 11.3 Å². The van der Waals surface area contributed by atoms with E-state index < -0.39 is 0 Å². The van der Waals surface area contributed by atoms with E-state index in [0.29, 0.717) is 12.3 Å². The van der Waals surface area contributed by atoms with Crippen LogP contribution in [0.5, 0.6) is 5.75 Å². The molecular formula is C19H21N3O2S2. The molecule has 2 heterocycles. The van der Waals surface area contributed by atoms with Gasteiger partial charge in [-0.2, -0.15) is 0 Å². The molecule has 26 heavy (non-hydrogen) atoms. The molecule has 0 bridgehead atoms. The maximum Gasteiger partial charge on any atom is 0.230 e. The van der Waals surface area contributed by atoms with Gasteiger partial charge in [0.1, 0.15) is 21.4 Å². The number of para-hydroxylation sites is 1. The van der Waals surface area contributed by atoms with Crippen LogP contribution in [0.15, 0.2) is 29.3 Å². The first kappa shape index (κ1) is 18.7. The van der Waals surface area contributed by atoms with Gasteiger partial charge in [-0.3, -0.25) is 4.79 Å². The van der Waals surface area contributed by atoms with Crippen LogP contribution in [-0.4, -0.2) is 28.7 Å². The Morgan fingerprint density at radius 1 is 1.23 bits per heavy atom. The highest BCUT2D eigenvalue weighted by Gasteiger charge is 2.15. The van der Waals surface area contributed by atoms with Crippen molar-refractivity contribution in [3.8, 4) is 5.75 Å². The summed E-state index contributed by atoms with van der Waals surface area (Å²) in [7, 11) is 1.63. The summed E-state index contributed by atoms with van der Waals surface area (Å²) in [6.45, 7) is 6.50. The Morgan fingerprint density at radius 2 is 2.00 bits per heavy atom. The minimum absolute atomic E-state index is 0.0325. The minimum atomic E-state index is -0.0325. The molecule has 0 unspecified atom stereocenters. The number of nitrogens with one attached hydrogen (secondary N) is 1. The number of aryl methyl sites for hydroxylation is 3. The van der Waals surface area contributed by atoms with Gasteiger partial charge in [0.2, 0.25) is 5.91 Å². The van der Waals surface area contributed by atoms with Crippen LogP contribution in [0, 0.1) is 20.8 Å². The van der Waals surface area contributed by atoms with Crippen molar-refractivity contribution in [2.75, 3.05) is 12.9 Å². The van der Waals surface area contributed by atoms with Crippen molar-refractivity contribution in [1.82, 2.24) is 15.3 Å². The molecule has 2 aromatic heterocycles. The number of hydrogen-bond acceptors (Lipinski definition) is 6. The zero-order chi connectivity index (χ0) is 18.7. The SMILES string of the molecule is COc1ccccc1CNC(=O)CSc1nc(C)nc2sc(C)c(C)c12. The van der Waals surface area contributed by atoms with Gasteiger partial charge in [0.25, 0.3) is 0 Å². The summed E-state index contributed by atoms with van der Waals surface area (Å²) in [5.41, 5.74) is 2.15. The molecular weight excluding hydrogens is 366 g/mol. The summed E-state index contributed by atoms with van der Waals surface area (Å²) in [5.74, 6) is 1.79. The number of thiophene rings is 1.